The SMILES string of the molecule is C[C@H](NCc1ccccc1C1CC1)C1CCCCC1. The number of hydrogen-bond donors (Lipinski definition) is 1. The molecule has 1 aromatic carbocycles. The molecule has 0 saturated heterocycles. The highest BCUT2D eigenvalue weighted by Gasteiger charge is 2.26. The fraction of sp³-hybridized carbons (Fsp3) is 0.667. The van der Waals surface area contributed by atoms with E-state index in [9.17, 15) is 0 Å². The van der Waals surface area contributed by atoms with Gasteiger partial charge in [-0.3, -0.25) is 0 Å². The van der Waals surface area contributed by atoms with Gasteiger partial charge in [-0.05, 0) is 55.6 Å². The molecule has 1 atom stereocenters. The summed E-state index contributed by atoms with van der Waals surface area (Å²) in [6.45, 7) is 3.44. The Kier molecular flexibility index (Phi) is 4.22. The number of hydrogen-bond acceptors (Lipinski definition) is 1. The van der Waals surface area contributed by atoms with Crippen molar-refractivity contribution in [2.75, 3.05) is 0 Å². The summed E-state index contributed by atoms with van der Waals surface area (Å²) in [6, 6.07) is 9.71. The standard InChI is InChI=1S/C18H27N/c1-14(15-7-3-2-4-8-15)19-13-17-9-5-6-10-18(17)16-11-12-16/h5-6,9-10,14-16,19H,2-4,7-8,11-13H2,1H3/t14-/m0/s1. The summed E-state index contributed by atoms with van der Waals surface area (Å²) in [5, 5.41) is 3.79. The van der Waals surface area contributed by atoms with Crippen LogP contribution in [0.15, 0.2) is 24.3 Å². The molecule has 2 fully saturated rings. The molecule has 2 aliphatic carbocycles. The molecule has 2 aliphatic rings. The van der Waals surface area contributed by atoms with Gasteiger partial charge in [0.15, 0.2) is 0 Å². The van der Waals surface area contributed by atoms with Crippen molar-refractivity contribution in [3.8, 4) is 0 Å². The average molecular weight is 257 g/mol. The maximum atomic E-state index is 3.79. The monoisotopic (exact) mass is 257 g/mol. The summed E-state index contributed by atoms with van der Waals surface area (Å²) >= 11 is 0. The number of rotatable bonds is 5. The normalized spacial score (nSPS) is 22.4. The minimum Gasteiger partial charge on any atom is -0.310 e. The zero-order chi connectivity index (χ0) is 13.1. The highest BCUT2D eigenvalue weighted by atomic mass is 14.9. The van der Waals surface area contributed by atoms with Gasteiger partial charge in [0.05, 0.1) is 0 Å². The summed E-state index contributed by atoms with van der Waals surface area (Å²) in [4.78, 5) is 0. The van der Waals surface area contributed by atoms with Crippen LogP contribution in [0.25, 0.3) is 0 Å². The Morgan fingerprint density at radius 2 is 1.79 bits per heavy atom. The molecular weight excluding hydrogens is 230 g/mol. The van der Waals surface area contributed by atoms with Crippen LogP contribution in [-0.4, -0.2) is 6.04 Å². The van der Waals surface area contributed by atoms with Gasteiger partial charge < -0.3 is 5.32 Å². The van der Waals surface area contributed by atoms with Crippen molar-refractivity contribution in [1.29, 1.82) is 0 Å². The van der Waals surface area contributed by atoms with Gasteiger partial charge in [0.2, 0.25) is 0 Å². The van der Waals surface area contributed by atoms with Gasteiger partial charge in [-0.15, -0.1) is 0 Å². The lowest BCUT2D eigenvalue weighted by Gasteiger charge is -2.28. The van der Waals surface area contributed by atoms with Crippen LogP contribution in [0.3, 0.4) is 0 Å². The second kappa shape index (κ2) is 6.09. The molecule has 19 heavy (non-hydrogen) atoms. The Hall–Kier alpha value is -0.820. The van der Waals surface area contributed by atoms with E-state index in [-0.39, 0.29) is 0 Å². The van der Waals surface area contributed by atoms with E-state index in [1.807, 2.05) is 0 Å². The molecule has 0 amide bonds. The molecule has 0 aromatic heterocycles. The van der Waals surface area contributed by atoms with Crippen LogP contribution in [0.4, 0.5) is 0 Å². The molecule has 104 valence electrons. The first-order chi connectivity index (χ1) is 9.34. The van der Waals surface area contributed by atoms with E-state index in [0.717, 1.165) is 18.4 Å². The summed E-state index contributed by atoms with van der Waals surface area (Å²) in [6.07, 6.45) is 9.99. The van der Waals surface area contributed by atoms with Crippen molar-refractivity contribution in [2.24, 2.45) is 5.92 Å². The van der Waals surface area contributed by atoms with Crippen molar-refractivity contribution in [3.05, 3.63) is 35.4 Å². The fourth-order valence-corrected chi connectivity index (χ4v) is 3.56. The maximum Gasteiger partial charge on any atom is 0.0210 e. The quantitative estimate of drug-likeness (QED) is 0.811. The van der Waals surface area contributed by atoms with Crippen molar-refractivity contribution >= 4 is 0 Å². The Morgan fingerprint density at radius 1 is 1.05 bits per heavy atom. The zero-order valence-electron chi connectivity index (χ0n) is 12.2. The van der Waals surface area contributed by atoms with Crippen LogP contribution in [0.1, 0.15) is 68.9 Å². The molecular formula is C18H27N. The van der Waals surface area contributed by atoms with Crippen molar-refractivity contribution < 1.29 is 0 Å². The lowest BCUT2D eigenvalue weighted by atomic mass is 9.84. The van der Waals surface area contributed by atoms with Crippen LogP contribution in [-0.2, 0) is 6.54 Å². The lowest BCUT2D eigenvalue weighted by Crippen LogP contribution is -2.34. The van der Waals surface area contributed by atoms with E-state index < -0.39 is 0 Å². The summed E-state index contributed by atoms with van der Waals surface area (Å²) in [5.41, 5.74) is 3.14. The summed E-state index contributed by atoms with van der Waals surface area (Å²) in [7, 11) is 0. The first-order valence-corrected chi connectivity index (χ1v) is 8.16. The molecule has 1 heteroatoms. The van der Waals surface area contributed by atoms with Gasteiger partial charge in [0.1, 0.15) is 0 Å². The molecule has 0 heterocycles. The third-order valence-corrected chi connectivity index (χ3v) is 5.04. The van der Waals surface area contributed by atoms with Gasteiger partial charge >= 0.3 is 0 Å². The highest BCUT2D eigenvalue weighted by molar-refractivity contribution is 5.33. The van der Waals surface area contributed by atoms with E-state index in [2.05, 4.69) is 36.5 Å². The first kappa shape index (κ1) is 13.2. The molecule has 0 aliphatic heterocycles. The molecule has 0 unspecified atom stereocenters. The van der Waals surface area contributed by atoms with Gasteiger partial charge in [-0.25, -0.2) is 0 Å². The predicted octanol–water partition coefficient (Wildman–Crippen LogP) is 4.62. The molecule has 1 aromatic rings. The second-order valence-electron chi connectivity index (χ2n) is 6.54. The zero-order valence-corrected chi connectivity index (χ0v) is 12.2. The van der Waals surface area contributed by atoms with E-state index in [1.54, 1.807) is 5.56 Å². The number of benzene rings is 1. The van der Waals surface area contributed by atoms with E-state index in [4.69, 9.17) is 0 Å². The summed E-state index contributed by atoms with van der Waals surface area (Å²) in [5.74, 6) is 1.77. The average Bonchev–Trinajstić information content (AvgIpc) is 3.30. The van der Waals surface area contributed by atoms with E-state index >= 15 is 0 Å². The maximum absolute atomic E-state index is 3.79. The van der Waals surface area contributed by atoms with Crippen LogP contribution < -0.4 is 5.32 Å². The molecule has 1 nitrogen and oxygen atoms in total. The number of nitrogens with one attached hydrogen (secondary N) is 1. The van der Waals surface area contributed by atoms with E-state index in [0.29, 0.717) is 6.04 Å². The third-order valence-electron chi connectivity index (χ3n) is 5.04. The van der Waals surface area contributed by atoms with Crippen molar-refractivity contribution in [2.45, 2.75) is 70.4 Å². The lowest BCUT2D eigenvalue weighted by molar-refractivity contribution is 0.280. The topological polar surface area (TPSA) is 12.0 Å². The van der Waals surface area contributed by atoms with Crippen LogP contribution in [0.5, 0.6) is 0 Å². The Bertz CT molecular complexity index is 402. The molecule has 3 rings (SSSR count). The second-order valence-corrected chi connectivity index (χ2v) is 6.54. The van der Waals surface area contributed by atoms with Gasteiger partial charge in [-0.2, -0.15) is 0 Å². The van der Waals surface area contributed by atoms with Crippen LogP contribution in [0, 0.1) is 5.92 Å². The van der Waals surface area contributed by atoms with Crippen LogP contribution >= 0.6 is 0 Å². The molecule has 2 saturated carbocycles. The minimum absolute atomic E-state index is 0.674. The third kappa shape index (κ3) is 3.39. The smallest absolute Gasteiger partial charge is 0.0210 e. The minimum atomic E-state index is 0.674. The summed E-state index contributed by atoms with van der Waals surface area (Å²) < 4.78 is 0. The highest BCUT2D eigenvalue weighted by Crippen LogP contribution is 2.41. The van der Waals surface area contributed by atoms with Gasteiger partial charge in [0, 0.05) is 12.6 Å². The van der Waals surface area contributed by atoms with Crippen molar-refractivity contribution in [1.82, 2.24) is 5.32 Å². The largest absolute Gasteiger partial charge is 0.310 e. The molecule has 0 bridgehead atoms. The Morgan fingerprint density at radius 3 is 2.53 bits per heavy atom. The molecule has 0 radical (unpaired) electrons. The molecule has 0 spiro atoms. The van der Waals surface area contributed by atoms with E-state index in [1.165, 1.54) is 50.5 Å². The Labute approximate surface area is 117 Å². The molecule has 1 N–H and O–H groups in total. The fourth-order valence-electron chi connectivity index (χ4n) is 3.56. The van der Waals surface area contributed by atoms with Gasteiger partial charge in [0.25, 0.3) is 0 Å². The first-order valence-electron chi connectivity index (χ1n) is 8.16. The Balaban J connectivity index is 1.56. The predicted molar refractivity (Wildman–Crippen MR) is 81.3 cm³/mol. The van der Waals surface area contributed by atoms with Crippen LogP contribution in [0.2, 0.25) is 0 Å². The van der Waals surface area contributed by atoms with Gasteiger partial charge in [-0.1, -0.05) is 43.5 Å². The van der Waals surface area contributed by atoms with Crippen molar-refractivity contribution in [3.63, 3.8) is 0 Å².